The number of thiophene rings is 1. The first-order chi connectivity index (χ1) is 10.1. The molecule has 2 N–H and O–H groups in total. The minimum Gasteiger partial charge on any atom is -0.396 e. The van der Waals surface area contributed by atoms with Gasteiger partial charge in [-0.15, -0.1) is 11.3 Å². The topological polar surface area (TPSA) is 62.5 Å². The van der Waals surface area contributed by atoms with Crippen molar-refractivity contribution in [2.24, 2.45) is 0 Å². The molecule has 0 spiro atoms. The number of anilines is 1. The second-order valence-corrected chi connectivity index (χ2v) is 6.70. The molecule has 112 valence electrons. The van der Waals surface area contributed by atoms with E-state index in [2.05, 4.69) is 16.9 Å². The molecule has 0 aliphatic carbocycles. The Labute approximate surface area is 128 Å². The Morgan fingerprint density at radius 2 is 2.19 bits per heavy atom. The summed E-state index contributed by atoms with van der Waals surface area (Å²) in [5.41, 5.74) is 7.37. The Hall–Kier alpha value is -1.66. The van der Waals surface area contributed by atoms with E-state index in [9.17, 15) is 4.79 Å². The molecule has 2 aromatic heterocycles. The lowest BCUT2D eigenvalue weighted by molar-refractivity contribution is 0.0665. The van der Waals surface area contributed by atoms with Gasteiger partial charge in [0.25, 0.3) is 5.91 Å². The molecule has 6 heteroatoms. The van der Waals surface area contributed by atoms with E-state index in [1.54, 1.807) is 6.20 Å². The van der Waals surface area contributed by atoms with Crippen LogP contribution in [-0.2, 0) is 0 Å². The van der Waals surface area contributed by atoms with Gasteiger partial charge in [-0.05, 0) is 45.1 Å². The van der Waals surface area contributed by atoms with E-state index in [0.29, 0.717) is 16.6 Å². The zero-order chi connectivity index (χ0) is 15.0. The summed E-state index contributed by atoms with van der Waals surface area (Å²) in [4.78, 5) is 21.8. The molecular weight excluding hydrogens is 284 g/mol. The van der Waals surface area contributed by atoms with Crippen molar-refractivity contribution in [3.8, 4) is 0 Å². The zero-order valence-electron chi connectivity index (χ0n) is 12.4. The number of hydrogen-bond donors (Lipinski definition) is 1. The zero-order valence-corrected chi connectivity index (χ0v) is 13.2. The predicted molar refractivity (Wildman–Crippen MR) is 86.6 cm³/mol. The summed E-state index contributed by atoms with van der Waals surface area (Å²) >= 11 is 1.44. The third-order valence-electron chi connectivity index (χ3n) is 4.23. The van der Waals surface area contributed by atoms with E-state index in [-0.39, 0.29) is 5.91 Å². The molecule has 5 nitrogen and oxygen atoms in total. The van der Waals surface area contributed by atoms with Crippen LogP contribution in [-0.4, -0.2) is 53.9 Å². The number of rotatable bonds is 2. The number of nitrogen functional groups attached to an aromatic ring is 1. The Bertz CT molecular complexity index is 661. The van der Waals surface area contributed by atoms with Crippen LogP contribution >= 0.6 is 11.3 Å². The van der Waals surface area contributed by atoms with Crippen LogP contribution < -0.4 is 5.73 Å². The molecule has 0 aromatic carbocycles. The van der Waals surface area contributed by atoms with E-state index < -0.39 is 0 Å². The van der Waals surface area contributed by atoms with Crippen LogP contribution in [0.2, 0.25) is 0 Å². The van der Waals surface area contributed by atoms with Gasteiger partial charge in [-0.2, -0.15) is 0 Å². The van der Waals surface area contributed by atoms with Crippen molar-refractivity contribution in [2.75, 3.05) is 32.9 Å². The quantitative estimate of drug-likeness (QED) is 0.922. The molecule has 0 radical (unpaired) electrons. The number of nitrogens with zero attached hydrogens (tertiary/aromatic N) is 3. The van der Waals surface area contributed by atoms with Gasteiger partial charge >= 0.3 is 0 Å². The maximum atomic E-state index is 12.7. The Balaban J connectivity index is 1.84. The van der Waals surface area contributed by atoms with Gasteiger partial charge in [0.1, 0.15) is 10.4 Å². The van der Waals surface area contributed by atoms with Gasteiger partial charge in [-0.25, -0.2) is 0 Å². The van der Waals surface area contributed by atoms with Gasteiger partial charge in [0.05, 0.1) is 10.4 Å². The summed E-state index contributed by atoms with van der Waals surface area (Å²) in [6.07, 6.45) is 3.74. The highest BCUT2D eigenvalue weighted by molar-refractivity contribution is 7.21. The molecule has 1 amide bonds. The lowest BCUT2D eigenvalue weighted by Gasteiger charge is -2.35. The summed E-state index contributed by atoms with van der Waals surface area (Å²) in [5, 5.41) is 0. The normalized spacial score (nSPS) is 17.2. The fourth-order valence-electron chi connectivity index (χ4n) is 2.81. The largest absolute Gasteiger partial charge is 0.396 e. The Morgan fingerprint density at radius 3 is 2.86 bits per heavy atom. The van der Waals surface area contributed by atoms with Gasteiger partial charge in [-0.3, -0.25) is 9.78 Å². The summed E-state index contributed by atoms with van der Waals surface area (Å²) < 4.78 is 0.968. The Morgan fingerprint density at radius 1 is 1.48 bits per heavy atom. The molecule has 1 aliphatic heterocycles. The number of pyridine rings is 1. The van der Waals surface area contributed by atoms with Gasteiger partial charge < -0.3 is 15.5 Å². The molecule has 0 atom stereocenters. The molecule has 2 aromatic rings. The number of carbonyl (C=O) groups excluding carboxylic acids is 1. The average molecular weight is 304 g/mol. The van der Waals surface area contributed by atoms with Crippen LogP contribution in [0.15, 0.2) is 18.3 Å². The molecule has 1 fully saturated rings. The van der Waals surface area contributed by atoms with Crippen LogP contribution in [0.1, 0.15) is 22.5 Å². The first-order valence-electron chi connectivity index (χ1n) is 7.16. The standard InChI is InChI=1S/C15H20N4OS/c1-18-8-5-10(6-9-18)19(2)15(20)14-12(16)13-11(21-14)4-3-7-17-13/h3-4,7,10H,5-6,8-9,16H2,1-2H3. The van der Waals surface area contributed by atoms with Crippen molar-refractivity contribution >= 4 is 33.1 Å². The van der Waals surface area contributed by atoms with Crippen molar-refractivity contribution < 1.29 is 4.79 Å². The minimum absolute atomic E-state index is 0.0186. The third kappa shape index (κ3) is 2.61. The van der Waals surface area contributed by atoms with Crippen LogP contribution in [0.3, 0.4) is 0 Å². The molecule has 21 heavy (non-hydrogen) atoms. The van der Waals surface area contributed by atoms with E-state index >= 15 is 0 Å². The van der Waals surface area contributed by atoms with E-state index in [0.717, 1.165) is 36.1 Å². The van der Waals surface area contributed by atoms with Gasteiger partial charge in [0.15, 0.2) is 0 Å². The van der Waals surface area contributed by atoms with Gasteiger partial charge in [0.2, 0.25) is 0 Å². The minimum atomic E-state index is 0.0186. The number of likely N-dealkylation sites (tertiary alicyclic amines) is 1. The second kappa shape index (κ2) is 5.61. The molecule has 1 saturated heterocycles. The fraction of sp³-hybridized carbons (Fsp3) is 0.467. The second-order valence-electron chi connectivity index (χ2n) is 5.65. The van der Waals surface area contributed by atoms with Crippen LogP contribution in [0.25, 0.3) is 10.2 Å². The van der Waals surface area contributed by atoms with Crippen molar-refractivity contribution in [1.29, 1.82) is 0 Å². The first kappa shape index (κ1) is 14.3. The van der Waals surface area contributed by atoms with Crippen molar-refractivity contribution in [2.45, 2.75) is 18.9 Å². The van der Waals surface area contributed by atoms with Gasteiger partial charge in [-0.1, -0.05) is 0 Å². The van der Waals surface area contributed by atoms with E-state index in [1.165, 1.54) is 11.3 Å². The highest BCUT2D eigenvalue weighted by atomic mass is 32.1. The molecule has 0 saturated carbocycles. The number of fused-ring (bicyclic) bond motifs is 1. The number of aromatic nitrogens is 1. The maximum Gasteiger partial charge on any atom is 0.266 e. The van der Waals surface area contributed by atoms with Crippen molar-refractivity contribution in [3.05, 3.63) is 23.2 Å². The summed E-state index contributed by atoms with van der Waals surface area (Å²) in [7, 11) is 4.00. The number of carbonyl (C=O) groups is 1. The predicted octanol–water partition coefficient (Wildman–Crippen LogP) is 2.04. The molecule has 3 heterocycles. The number of piperidine rings is 1. The monoisotopic (exact) mass is 304 g/mol. The van der Waals surface area contributed by atoms with Crippen LogP contribution in [0.4, 0.5) is 5.69 Å². The molecule has 3 rings (SSSR count). The molecule has 0 bridgehead atoms. The summed E-state index contributed by atoms with van der Waals surface area (Å²) in [6.45, 7) is 2.07. The van der Waals surface area contributed by atoms with Crippen LogP contribution in [0, 0.1) is 0 Å². The maximum absolute atomic E-state index is 12.7. The summed E-state index contributed by atoms with van der Waals surface area (Å²) in [5.74, 6) is 0.0186. The number of nitrogens with two attached hydrogens (primary N) is 1. The lowest BCUT2D eigenvalue weighted by atomic mass is 10.0. The summed E-state index contributed by atoms with van der Waals surface area (Å²) in [6, 6.07) is 4.12. The molecule has 0 unspecified atom stereocenters. The van der Waals surface area contributed by atoms with Crippen molar-refractivity contribution in [3.63, 3.8) is 0 Å². The third-order valence-corrected chi connectivity index (χ3v) is 5.38. The number of amides is 1. The first-order valence-corrected chi connectivity index (χ1v) is 7.98. The lowest BCUT2D eigenvalue weighted by Crippen LogP contribution is -2.44. The average Bonchev–Trinajstić information content (AvgIpc) is 2.84. The van der Waals surface area contributed by atoms with Crippen molar-refractivity contribution in [1.82, 2.24) is 14.8 Å². The number of hydrogen-bond acceptors (Lipinski definition) is 5. The van der Waals surface area contributed by atoms with Crippen LogP contribution in [0.5, 0.6) is 0 Å². The highest BCUT2D eigenvalue weighted by Crippen LogP contribution is 2.33. The molecule has 1 aliphatic rings. The smallest absolute Gasteiger partial charge is 0.266 e. The SMILES string of the molecule is CN1CCC(N(C)C(=O)c2sc3cccnc3c2N)CC1. The highest BCUT2D eigenvalue weighted by Gasteiger charge is 2.27. The van der Waals surface area contributed by atoms with E-state index in [4.69, 9.17) is 5.73 Å². The van der Waals surface area contributed by atoms with Gasteiger partial charge in [0, 0.05) is 19.3 Å². The van der Waals surface area contributed by atoms with E-state index in [1.807, 2.05) is 24.1 Å². The Kier molecular flexibility index (Phi) is 3.82. The molecular formula is C15H20N4OS. The fourth-order valence-corrected chi connectivity index (χ4v) is 3.88.